The van der Waals surface area contributed by atoms with Gasteiger partial charge in [0.05, 0.1) is 0 Å². The van der Waals surface area contributed by atoms with Crippen molar-refractivity contribution in [2.45, 2.75) is 58.0 Å². The zero-order valence-electron chi connectivity index (χ0n) is 14.5. The maximum absolute atomic E-state index is 12.4. The molecule has 2 N–H and O–H groups in total. The summed E-state index contributed by atoms with van der Waals surface area (Å²) in [6.45, 7) is 5.97. The zero-order chi connectivity index (χ0) is 17.4. The Labute approximate surface area is 144 Å². The average molecular weight is 328 g/mol. The van der Waals surface area contributed by atoms with Gasteiger partial charge in [-0.3, -0.25) is 9.59 Å². The Morgan fingerprint density at radius 1 is 1.17 bits per heavy atom. The summed E-state index contributed by atoms with van der Waals surface area (Å²) in [4.78, 5) is 23.6. The minimum absolute atomic E-state index is 0.0200. The van der Waals surface area contributed by atoms with Gasteiger partial charge in [0, 0.05) is 18.2 Å². The second kappa shape index (κ2) is 9.26. The molecule has 1 aliphatic carbocycles. The summed E-state index contributed by atoms with van der Waals surface area (Å²) < 4.78 is 0. The molecule has 0 heterocycles. The normalized spacial score (nSPS) is 16.7. The lowest BCUT2D eigenvalue weighted by atomic mass is 9.93. The molecule has 0 spiro atoms. The largest absolute Gasteiger partial charge is 0.349 e. The molecule has 1 atom stereocenters. The van der Waals surface area contributed by atoms with E-state index in [-0.39, 0.29) is 17.9 Å². The van der Waals surface area contributed by atoms with Crippen LogP contribution >= 0.6 is 0 Å². The summed E-state index contributed by atoms with van der Waals surface area (Å²) in [5.74, 6) is 0.368. The van der Waals surface area contributed by atoms with Gasteiger partial charge < -0.3 is 10.6 Å². The van der Waals surface area contributed by atoms with E-state index in [2.05, 4.69) is 24.1 Å². The summed E-state index contributed by atoms with van der Waals surface area (Å²) in [7, 11) is 0. The van der Waals surface area contributed by atoms with Crippen LogP contribution in [0.2, 0.25) is 0 Å². The van der Waals surface area contributed by atoms with Crippen molar-refractivity contribution in [3.8, 4) is 0 Å². The summed E-state index contributed by atoms with van der Waals surface area (Å²) in [5, 5.41) is 5.87. The predicted octanol–water partition coefficient (Wildman–Crippen LogP) is 3.58. The van der Waals surface area contributed by atoms with E-state index in [1.165, 1.54) is 44.6 Å². The highest BCUT2D eigenvalue weighted by Gasteiger charge is 2.20. The van der Waals surface area contributed by atoms with E-state index >= 15 is 0 Å². The van der Waals surface area contributed by atoms with Crippen molar-refractivity contribution < 1.29 is 9.59 Å². The van der Waals surface area contributed by atoms with Crippen LogP contribution in [0.1, 0.15) is 61.4 Å². The average Bonchev–Trinajstić information content (AvgIpc) is 2.89. The second-order valence-corrected chi connectivity index (χ2v) is 6.63. The first-order valence-electron chi connectivity index (χ1n) is 8.90. The van der Waals surface area contributed by atoms with Crippen LogP contribution in [0.15, 0.2) is 36.9 Å². The van der Waals surface area contributed by atoms with Crippen LogP contribution in [-0.4, -0.2) is 17.9 Å². The lowest BCUT2D eigenvalue weighted by Gasteiger charge is -2.23. The molecular formula is C20H28N2O2. The molecule has 2 rings (SSSR count). The zero-order valence-corrected chi connectivity index (χ0v) is 14.5. The van der Waals surface area contributed by atoms with Crippen LogP contribution in [0.5, 0.6) is 0 Å². The SMILES string of the molecule is C=CC(=O)NCc1ccc(C(=O)N[C@H](C)C2CCCCCC2)cc1. The van der Waals surface area contributed by atoms with Crippen LogP contribution in [0.25, 0.3) is 0 Å². The van der Waals surface area contributed by atoms with E-state index in [9.17, 15) is 9.59 Å². The summed E-state index contributed by atoms with van der Waals surface area (Å²) in [6, 6.07) is 7.57. The van der Waals surface area contributed by atoms with Crippen molar-refractivity contribution in [1.29, 1.82) is 0 Å². The molecule has 24 heavy (non-hydrogen) atoms. The van der Waals surface area contributed by atoms with E-state index in [4.69, 9.17) is 0 Å². The topological polar surface area (TPSA) is 58.2 Å². The Morgan fingerprint density at radius 3 is 2.38 bits per heavy atom. The molecule has 0 aromatic heterocycles. The van der Waals surface area contributed by atoms with Gasteiger partial charge >= 0.3 is 0 Å². The first-order valence-corrected chi connectivity index (χ1v) is 8.90. The van der Waals surface area contributed by atoms with Gasteiger partial charge in [-0.15, -0.1) is 0 Å². The Morgan fingerprint density at radius 2 is 1.79 bits per heavy atom. The fourth-order valence-electron chi connectivity index (χ4n) is 3.25. The molecule has 2 amide bonds. The fourth-order valence-corrected chi connectivity index (χ4v) is 3.25. The molecule has 0 saturated heterocycles. The van der Waals surface area contributed by atoms with Crippen molar-refractivity contribution in [3.05, 3.63) is 48.0 Å². The van der Waals surface area contributed by atoms with Crippen LogP contribution in [0.4, 0.5) is 0 Å². The molecule has 0 bridgehead atoms. The van der Waals surface area contributed by atoms with Gasteiger partial charge in [0.15, 0.2) is 0 Å². The van der Waals surface area contributed by atoms with Gasteiger partial charge in [0.1, 0.15) is 0 Å². The van der Waals surface area contributed by atoms with E-state index in [0.717, 1.165) is 5.56 Å². The highest BCUT2D eigenvalue weighted by atomic mass is 16.2. The molecule has 0 radical (unpaired) electrons. The quantitative estimate of drug-likeness (QED) is 0.619. The van der Waals surface area contributed by atoms with Crippen molar-refractivity contribution in [3.63, 3.8) is 0 Å². The van der Waals surface area contributed by atoms with Gasteiger partial charge in [-0.2, -0.15) is 0 Å². The third-order valence-electron chi connectivity index (χ3n) is 4.83. The van der Waals surface area contributed by atoms with Gasteiger partial charge in [-0.05, 0) is 49.5 Å². The predicted molar refractivity (Wildman–Crippen MR) is 96.6 cm³/mol. The lowest BCUT2D eigenvalue weighted by molar-refractivity contribution is -0.116. The fraction of sp³-hybridized carbons (Fsp3) is 0.500. The minimum Gasteiger partial charge on any atom is -0.349 e. The summed E-state index contributed by atoms with van der Waals surface area (Å²) in [5.41, 5.74) is 1.62. The Balaban J connectivity index is 1.87. The van der Waals surface area contributed by atoms with Crippen LogP contribution in [0, 0.1) is 5.92 Å². The number of rotatable bonds is 6. The number of amides is 2. The smallest absolute Gasteiger partial charge is 0.251 e. The lowest BCUT2D eigenvalue weighted by Crippen LogP contribution is -2.38. The van der Waals surface area contributed by atoms with Crippen molar-refractivity contribution >= 4 is 11.8 Å². The van der Waals surface area contributed by atoms with Crippen molar-refractivity contribution in [1.82, 2.24) is 10.6 Å². The standard InChI is InChI=1S/C20H28N2O2/c1-3-19(23)21-14-16-10-12-18(13-11-16)20(24)22-15(2)17-8-6-4-5-7-9-17/h3,10-13,15,17H,1,4-9,14H2,2H3,(H,21,23)(H,22,24)/t15-/m1/s1. The molecule has 4 heteroatoms. The van der Waals surface area contributed by atoms with Gasteiger partial charge in [0.2, 0.25) is 5.91 Å². The third-order valence-corrected chi connectivity index (χ3v) is 4.83. The van der Waals surface area contributed by atoms with E-state index in [0.29, 0.717) is 18.0 Å². The van der Waals surface area contributed by atoms with Gasteiger partial charge in [0.25, 0.3) is 5.91 Å². The third kappa shape index (κ3) is 5.52. The van der Waals surface area contributed by atoms with Crippen molar-refractivity contribution in [2.75, 3.05) is 0 Å². The van der Waals surface area contributed by atoms with Crippen LogP contribution in [-0.2, 0) is 11.3 Å². The minimum atomic E-state index is -0.200. The van der Waals surface area contributed by atoms with E-state index in [1.54, 1.807) is 0 Å². The first kappa shape index (κ1) is 18.2. The molecule has 4 nitrogen and oxygen atoms in total. The molecule has 1 aromatic carbocycles. The number of hydrogen-bond acceptors (Lipinski definition) is 2. The summed E-state index contributed by atoms with van der Waals surface area (Å²) in [6.07, 6.45) is 8.86. The molecule has 1 fully saturated rings. The first-order chi connectivity index (χ1) is 11.6. The van der Waals surface area contributed by atoms with Crippen LogP contribution in [0.3, 0.4) is 0 Å². The summed E-state index contributed by atoms with van der Waals surface area (Å²) >= 11 is 0. The van der Waals surface area contributed by atoms with E-state index < -0.39 is 0 Å². The molecule has 130 valence electrons. The number of benzene rings is 1. The number of carbonyl (C=O) groups is 2. The molecule has 1 aliphatic rings. The Bertz CT molecular complexity index is 558. The van der Waals surface area contributed by atoms with E-state index in [1.807, 2.05) is 24.3 Å². The Kier molecular flexibility index (Phi) is 7.04. The molecular weight excluding hydrogens is 300 g/mol. The Hall–Kier alpha value is -2.10. The molecule has 0 unspecified atom stereocenters. The molecule has 1 saturated carbocycles. The van der Waals surface area contributed by atoms with Gasteiger partial charge in [-0.25, -0.2) is 0 Å². The maximum atomic E-state index is 12.4. The second-order valence-electron chi connectivity index (χ2n) is 6.63. The maximum Gasteiger partial charge on any atom is 0.251 e. The highest BCUT2D eigenvalue weighted by Crippen LogP contribution is 2.25. The molecule has 0 aliphatic heterocycles. The number of hydrogen-bond donors (Lipinski definition) is 2. The molecule has 1 aromatic rings. The number of nitrogens with one attached hydrogen (secondary N) is 2. The number of carbonyl (C=O) groups excluding carboxylic acids is 2. The van der Waals surface area contributed by atoms with Gasteiger partial charge in [-0.1, -0.05) is 44.4 Å². The van der Waals surface area contributed by atoms with Crippen molar-refractivity contribution in [2.24, 2.45) is 5.92 Å². The highest BCUT2D eigenvalue weighted by molar-refractivity contribution is 5.94. The monoisotopic (exact) mass is 328 g/mol. The van der Waals surface area contributed by atoms with Crippen LogP contribution < -0.4 is 10.6 Å².